The van der Waals surface area contributed by atoms with Crippen LogP contribution in [-0.4, -0.2) is 49.6 Å². The predicted octanol–water partition coefficient (Wildman–Crippen LogP) is 2.82. The number of carbonyl (C=O) groups is 1. The molecular weight excluding hydrogens is 410 g/mol. The van der Waals surface area contributed by atoms with Gasteiger partial charge in [-0.05, 0) is 55.7 Å². The van der Waals surface area contributed by atoms with Gasteiger partial charge in [0.15, 0.2) is 18.2 Å². The number of rotatable bonds is 4. The largest absolute Gasteiger partial charge is 0.493 e. The van der Waals surface area contributed by atoms with Crippen molar-refractivity contribution in [3.8, 4) is 11.5 Å². The normalized spacial score (nSPS) is 17.5. The SMILES string of the molecule is COc1cc2c(cc1OC)C(c1ccc(NC(C)=O)c(C)c1)=NN(C1=NCON1)[C@H](C)C2. The average Bonchev–Trinajstić information content (AvgIpc) is 3.25. The first kappa shape index (κ1) is 21.6. The van der Waals surface area contributed by atoms with Gasteiger partial charge in [0.1, 0.15) is 0 Å². The molecule has 9 heteroatoms. The van der Waals surface area contributed by atoms with Gasteiger partial charge in [-0.25, -0.2) is 20.3 Å². The lowest BCUT2D eigenvalue weighted by molar-refractivity contribution is -0.114. The first-order chi connectivity index (χ1) is 15.4. The number of hydroxylamine groups is 1. The summed E-state index contributed by atoms with van der Waals surface area (Å²) in [6.07, 6.45) is 0.715. The van der Waals surface area contributed by atoms with E-state index < -0.39 is 0 Å². The van der Waals surface area contributed by atoms with Gasteiger partial charge in [0.05, 0.1) is 26.0 Å². The highest BCUT2D eigenvalue weighted by atomic mass is 16.7. The number of nitrogens with one attached hydrogen (secondary N) is 2. The third-order valence-corrected chi connectivity index (χ3v) is 5.47. The van der Waals surface area contributed by atoms with Crippen molar-refractivity contribution in [1.29, 1.82) is 0 Å². The minimum Gasteiger partial charge on any atom is -0.493 e. The molecule has 2 aliphatic heterocycles. The molecule has 0 saturated heterocycles. The van der Waals surface area contributed by atoms with Gasteiger partial charge in [-0.15, -0.1) is 0 Å². The molecule has 0 aliphatic carbocycles. The standard InChI is InChI=1S/C23H27N5O4/c1-13-8-16(6-7-19(13)25-15(3)29)22-18-11-21(31-5)20(30-4)10-17(18)9-14(2)28(26-22)23-24-12-32-27-23/h6-8,10-11,14H,9,12H2,1-5H3,(H,24,27)(H,25,29)/t14-/m1/s1. The van der Waals surface area contributed by atoms with Crippen molar-refractivity contribution in [2.45, 2.75) is 33.2 Å². The van der Waals surface area contributed by atoms with E-state index in [1.165, 1.54) is 6.92 Å². The van der Waals surface area contributed by atoms with Gasteiger partial charge in [-0.3, -0.25) is 4.79 Å². The fourth-order valence-corrected chi connectivity index (χ4v) is 3.93. The molecule has 0 saturated carbocycles. The highest BCUT2D eigenvalue weighted by Gasteiger charge is 2.29. The van der Waals surface area contributed by atoms with Gasteiger partial charge in [0.2, 0.25) is 11.9 Å². The molecule has 2 N–H and O–H groups in total. The number of aryl methyl sites for hydroxylation is 1. The zero-order valence-corrected chi connectivity index (χ0v) is 18.9. The summed E-state index contributed by atoms with van der Waals surface area (Å²) in [4.78, 5) is 21.1. The molecular formula is C23H27N5O4. The van der Waals surface area contributed by atoms with Crippen LogP contribution in [0.4, 0.5) is 5.69 Å². The van der Waals surface area contributed by atoms with Crippen molar-refractivity contribution in [2.24, 2.45) is 10.1 Å². The Bertz CT molecular complexity index is 1110. The van der Waals surface area contributed by atoms with Crippen LogP contribution >= 0.6 is 0 Å². The Kier molecular flexibility index (Phi) is 6.00. The minimum absolute atomic E-state index is 0.0112. The van der Waals surface area contributed by atoms with Crippen molar-refractivity contribution < 1.29 is 19.1 Å². The van der Waals surface area contributed by atoms with Crippen LogP contribution in [0.5, 0.6) is 11.5 Å². The Balaban J connectivity index is 1.89. The van der Waals surface area contributed by atoms with Gasteiger partial charge in [-0.1, -0.05) is 6.07 Å². The molecule has 0 radical (unpaired) electrons. The summed E-state index contributed by atoms with van der Waals surface area (Å²) in [7, 11) is 3.25. The van der Waals surface area contributed by atoms with Crippen LogP contribution < -0.4 is 20.3 Å². The highest BCUT2D eigenvalue weighted by Crippen LogP contribution is 2.35. The zero-order valence-electron chi connectivity index (χ0n) is 18.9. The molecule has 0 spiro atoms. The number of fused-ring (bicyclic) bond motifs is 1. The Morgan fingerprint density at radius 3 is 2.59 bits per heavy atom. The Hall–Kier alpha value is -3.59. The topological polar surface area (TPSA) is 96.8 Å². The molecule has 2 heterocycles. The van der Waals surface area contributed by atoms with E-state index >= 15 is 0 Å². The smallest absolute Gasteiger partial charge is 0.242 e. The Labute approximate surface area is 187 Å². The van der Waals surface area contributed by atoms with Crippen LogP contribution in [0.25, 0.3) is 0 Å². The second kappa shape index (κ2) is 8.88. The molecule has 2 aromatic rings. The number of carbonyl (C=O) groups excluding carboxylic acids is 1. The van der Waals surface area contributed by atoms with Crippen LogP contribution in [0.15, 0.2) is 40.4 Å². The molecule has 0 aromatic heterocycles. The molecule has 168 valence electrons. The number of hydrazone groups is 1. The molecule has 0 bridgehead atoms. The summed E-state index contributed by atoms with van der Waals surface area (Å²) in [6, 6.07) is 9.83. The monoisotopic (exact) mass is 437 g/mol. The number of guanidine groups is 1. The number of amides is 1. The van der Waals surface area contributed by atoms with Crippen molar-refractivity contribution in [2.75, 3.05) is 26.3 Å². The van der Waals surface area contributed by atoms with Gasteiger partial charge in [-0.2, -0.15) is 5.10 Å². The van der Waals surface area contributed by atoms with E-state index in [1.54, 1.807) is 14.2 Å². The fraction of sp³-hybridized carbons (Fsp3) is 0.348. The van der Waals surface area contributed by atoms with E-state index in [0.29, 0.717) is 23.9 Å². The summed E-state index contributed by atoms with van der Waals surface area (Å²) in [5.74, 6) is 1.75. The van der Waals surface area contributed by atoms with Crippen molar-refractivity contribution in [1.82, 2.24) is 10.5 Å². The number of ether oxygens (including phenoxy) is 2. The number of aliphatic imine (C=N–C) groups is 1. The van der Waals surface area contributed by atoms with Gasteiger partial charge >= 0.3 is 0 Å². The Morgan fingerprint density at radius 2 is 1.97 bits per heavy atom. The number of nitrogens with zero attached hydrogens (tertiary/aromatic N) is 3. The molecule has 0 unspecified atom stereocenters. The molecule has 32 heavy (non-hydrogen) atoms. The summed E-state index contributed by atoms with van der Waals surface area (Å²) in [6.45, 7) is 5.77. The van der Waals surface area contributed by atoms with Crippen LogP contribution in [0, 0.1) is 6.92 Å². The summed E-state index contributed by atoms with van der Waals surface area (Å²) >= 11 is 0. The molecule has 4 rings (SSSR count). The number of benzene rings is 2. The van der Waals surface area contributed by atoms with Gasteiger partial charge < -0.3 is 14.8 Å². The number of hydrogen-bond acceptors (Lipinski definition) is 8. The van der Waals surface area contributed by atoms with Crippen molar-refractivity contribution in [3.05, 3.63) is 52.6 Å². The third kappa shape index (κ3) is 4.11. The maximum absolute atomic E-state index is 11.5. The quantitative estimate of drug-likeness (QED) is 0.764. The number of hydrogen-bond donors (Lipinski definition) is 2. The van der Waals surface area contributed by atoms with Crippen molar-refractivity contribution in [3.63, 3.8) is 0 Å². The maximum Gasteiger partial charge on any atom is 0.242 e. The van der Waals surface area contributed by atoms with E-state index in [2.05, 4.69) is 22.7 Å². The lowest BCUT2D eigenvalue weighted by Crippen LogP contribution is -2.41. The zero-order chi connectivity index (χ0) is 22.8. The second-order valence-corrected chi connectivity index (χ2v) is 7.78. The van der Waals surface area contributed by atoms with Crippen LogP contribution in [-0.2, 0) is 16.1 Å². The summed E-state index contributed by atoms with van der Waals surface area (Å²) in [5, 5.41) is 9.71. The number of anilines is 1. The first-order valence-electron chi connectivity index (χ1n) is 10.3. The van der Waals surface area contributed by atoms with E-state index in [9.17, 15) is 4.79 Å². The first-order valence-corrected chi connectivity index (χ1v) is 10.3. The molecule has 1 atom stereocenters. The van der Waals surface area contributed by atoms with Gasteiger partial charge in [0.25, 0.3) is 0 Å². The van der Waals surface area contributed by atoms with E-state index in [-0.39, 0.29) is 18.7 Å². The molecule has 2 aromatic carbocycles. The van der Waals surface area contributed by atoms with Crippen LogP contribution in [0.3, 0.4) is 0 Å². The predicted molar refractivity (Wildman–Crippen MR) is 122 cm³/mol. The lowest BCUT2D eigenvalue weighted by atomic mass is 9.93. The molecule has 0 fully saturated rings. The van der Waals surface area contributed by atoms with Crippen molar-refractivity contribution >= 4 is 23.3 Å². The van der Waals surface area contributed by atoms with E-state index in [1.807, 2.05) is 42.3 Å². The highest BCUT2D eigenvalue weighted by molar-refractivity contribution is 6.15. The number of methoxy groups -OCH3 is 2. The third-order valence-electron chi connectivity index (χ3n) is 5.47. The fourth-order valence-electron chi connectivity index (χ4n) is 3.93. The Morgan fingerprint density at radius 1 is 1.22 bits per heavy atom. The molecule has 9 nitrogen and oxygen atoms in total. The maximum atomic E-state index is 11.5. The van der Waals surface area contributed by atoms with Crippen LogP contribution in [0.2, 0.25) is 0 Å². The molecule has 2 aliphatic rings. The van der Waals surface area contributed by atoms with Crippen LogP contribution in [0.1, 0.15) is 36.1 Å². The average molecular weight is 438 g/mol. The van der Waals surface area contributed by atoms with E-state index in [0.717, 1.165) is 33.7 Å². The second-order valence-electron chi connectivity index (χ2n) is 7.78. The molecule has 1 amide bonds. The van der Waals surface area contributed by atoms with E-state index in [4.69, 9.17) is 19.4 Å². The summed E-state index contributed by atoms with van der Waals surface area (Å²) in [5.41, 5.74) is 8.25. The van der Waals surface area contributed by atoms with Gasteiger partial charge in [0, 0.05) is 23.7 Å². The lowest BCUT2D eigenvalue weighted by Gasteiger charge is -2.24. The minimum atomic E-state index is -0.111. The summed E-state index contributed by atoms with van der Waals surface area (Å²) < 4.78 is 11.1.